The number of rotatable bonds is 5. The molecule has 1 fully saturated rings. The fourth-order valence-corrected chi connectivity index (χ4v) is 4.46. The standard InChI is InChI=1S/C24H26Cl2N4O/c1-15(2)22(29-23-20-8-7-19(26)13-21(20)27-14-28-23)24(31)30-11-9-17(10-12-30)16-3-5-18(25)6-4-16/h3-8,13-15,17,22H,9-12H2,1-2H3,(H,27,28,29). The Bertz CT molecular complexity index is 1060. The minimum atomic E-state index is -0.360. The predicted octanol–water partition coefficient (Wildman–Crippen LogP) is 5.78. The number of nitrogens with one attached hydrogen (secondary N) is 1. The lowest BCUT2D eigenvalue weighted by atomic mass is 9.89. The molecule has 4 rings (SSSR count). The summed E-state index contributed by atoms with van der Waals surface area (Å²) in [6.07, 6.45) is 3.40. The Morgan fingerprint density at radius 2 is 1.71 bits per heavy atom. The highest BCUT2D eigenvalue weighted by Crippen LogP contribution is 2.30. The zero-order valence-corrected chi connectivity index (χ0v) is 19.2. The van der Waals surface area contributed by atoms with Crippen molar-refractivity contribution in [3.05, 3.63) is 64.4 Å². The van der Waals surface area contributed by atoms with E-state index in [0.717, 1.165) is 41.9 Å². The van der Waals surface area contributed by atoms with Crippen LogP contribution in [0.5, 0.6) is 0 Å². The molecule has 7 heteroatoms. The summed E-state index contributed by atoms with van der Waals surface area (Å²) in [6, 6.07) is 13.2. The molecule has 2 aromatic carbocycles. The number of fused-ring (bicyclic) bond motifs is 1. The fourth-order valence-electron chi connectivity index (χ4n) is 4.17. The number of carbonyl (C=O) groups excluding carboxylic acids is 1. The minimum Gasteiger partial charge on any atom is -0.358 e. The first kappa shape index (κ1) is 21.8. The second-order valence-corrected chi connectivity index (χ2v) is 9.27. The molecule has 0 saturated carbocycles. The molecule has 0 radical (unpaired) electrons. The maximum atomic E-state index is 13.4. The van der Waals surface area contributed by atoms with Gasteiger partial charge in [0, 0.05) is 28.5 Å². The third kappa shape index (κ3) is 4.94. The molecule has 3 aromatic rings. The molecule has 0 spiro atoms. The molecule has 2 heterocycles. The highest BCUT2D eigenvalue weighted by molar-refractivity contribution is 6.31. The number of halogens is 2. The average Bonchev–Trinajstić information content (AvgIpc) is 2.77. The van der Waals surface area contributed by atoms with Gasteiger partial charge < -0.3 is 10.2 Å². The molecular weight excluding hydrogens is 431 g/mol. The summed E-state index contributed by atoms with van der Waals surface area (Å²) in [5, 5.41) is 5.61. The van der Waals surface area contributed by atoms with Crippen LogP contribution in [-0.4, -0.2) is 39.9 Å². The lowest BCUT2D eigenvalue weighted by Crippen LogP contribution is -2.48. The Morgan fingerprint density at radius 1 is 1.03 bits per heavy atom. The quantitative estimate of drug-likeness (QED) is 0.528. The third-order valence-corrected chi connectivity index (χ3v) is 6.46. The van der Waals surface area contributed by atoms with Crippen molar-refractivity contribution in [3.8, 4) is 0 Å². The van der Waals surface area contributed by atoms with Gasteiger partial charge in [0.1, 0.15) is 18.2 Å². The van der Waals surface area contributed by atoms with Crippen molar-refractivity contribution in [1.29, 1.82) is 0 Å². The lowest BCUT2D eigenvalue weighted by Gasteiger charge is -2.35. The normalized spacial score (nSPS) is 16.0. The van der Waals surface area contributed by atoms with Gasteiger partial charge in [-0.3, -0.25) is 4.79 Å². The van der Waals surface area contributed by atoms with Crippen LogP contribution >= 0.6 is 23.2 Å². The SMILES string of the molecule is CC(C)C(Nc1ncnc2cc(Cl)ccc12)C(=O)N1CCC(c2ccc(Cl)cc2)CC1. The van der Waals surface area contributed by atoms with Gasteiger partial charge >= 0.3 is 0 Å². The lowest BCUT2D eigenvalue weighted by molar-refractivity contribution is -0.134. The number of hydrogen-bond acceptors (Lipinski definition) is 4. The summed E-state index contributed by atoms with van der Waals surface area (Å²) >= 11 is 12.1. The van der Waals surface area contributed by atoms with Crippen molar-refractivity contribution in [3.63, 3.8) is 0 Å². The second-order valence-electron chi connectivity index (χ2n) is 8.40. The Hall–Kier alpha value is -2.37. The minimum absolute atomic E-state index is 0.110. The maximum Gasteiger partial charge on any atom is 0.245 e. The number of hydrogen-bond donors (Lipinski definition) is 1. The van der Waals surface area contributed by atoms with Gasteiger partial charge in [0.2, 0.25) is 5.91 Å². The van der Waals surface area contributed by atoms with E-state index in [9.17, 15) is 4.79 Å². The van der Waals surface area contributed by atoms with Gasteiger partial charge in [0.15, 0.2) is 0 Å². The van der Waals surface area contributed by atoms with Crippen molar-refractivity contribution in [2.45, 2.75) is 38.6 Å². The van der Waals surface area contributed by atoms with Crippen molar-refractivity contribution < 1.29 is 4.79 Å². The molecule has 5 nitrogen and oxygen atoms in total. The Labute approximate surface area is 192 Å². The molecule has 0 bridgehead atoms. The topological polar surface area (TPSA) is 58.1 Å². The smallest absolute Gasteiger partial charge is 0.245 e. The number of anilines is 1. The molecule has 1 aromatic heterocycles. The zero-order valence-electron chi connectivity index (χ0n) is 17.7. The van der Waals surface area contributed by atoms with Gasteiger partial charge in [-0.2, -0.15) is 0 Å². The number of nitrogens with zero attached hydrogens (tertiary/aromatic N) is 3. The monoisotopic (exact) mass is 456 g/mol. The van der Waals surface area contributed by atoms with Crippen LogP contribution in [-0.2, 0) is 4.79 Å². The van der Waals surface area contributed by atoms with Crippen LogP contribution in [0.25, 0.3) is 10.9 Å². The van der Waals surface area contributed by atoms with Gasteiger partial charge in [0.25, 0.3) is 0 Å². The summed E-state index contributed by atoms with van der Waals surface area (Å²) in [5.74, 6) is 1.34. The van der Waals surface area contributed by atoms with Gasteiger partial charge in [-0.15, -0.1) is 0 Å². The van der Waals surface area contributed by atoms with Crippen molar-refractivity contribution in [1.82, 2.24) is 14.9 Å². The summed E-state index contributed by atoms with van der Waals surface area (Å²) in [4.78, 5) is 24.1. The third-order valence-electron chi connectivity index (χ3n) is 5.97. The fraction of sp³-hybridized carbons (Fsp3) is 0.375. The molecule has 1 aliphatic heterocycles. The molecule has 1 amide bonds. The van der Waals surface area contributed by atoms with E-state index >= 15 is 0 Å². The van der Waals surface area contributed by atoms with E-state index in [1.165, 1.54) is 11.9 Å². The Morgan fingerprint density at radius 3 is 2.39 bits per heavy atom. The molecule has 1 atom stereocenters. The van der Waals surface area contributed by atoms with Gasteiger partial charge in [-0.05, 0) is 60.6 Å². The summed E-state index contributed by atoms with van der Waals surface area (Å²) in [5.41, 5.74) is 2.05. The van der Waals surface area contributed by atoms with Crippen molar-refractivity contribution >= 4 is 45.8 Å². The van der Waals surface area contributed by atoms with Gasteiger partial charge in [0.05, 0.1) is 5.52 Å². The number of carbonyl (C=O) groups is 1. The summed E-state index contributed by atoms with van der Waals surface area (Å²) in [6.45, 7) is 5.60. The molecule has 162 valence electrons. The predicted molar refractivity (Wildman–Crippen MR) is 127 cm³/mol. The number of piperidine rings is 1. The molecule has 1 aliphatic rings. The van der Waals surface area contributed by atoms with E-state index in [-0.39, 0.29) is 17.9 Å². The van der Waals surface area contributed by atoms with Crippen LogP contribution in [0.2, 0.25) is 10.0 Å². The van der Waals surface area contributed by atoms with Crippen LogP contribution in [0.3, 0.4) is 0 Å². The largest absolute Gasteiger partial charge is 0.358 e. The maximum absolute atomic E-state index is 13.4. The van der Waals surface area contributed by atoms with Crippen LogP contribution in [0.15, 0.2) is 48.8 Å². The van der Waals surface area contributed by atoms with E-state index in [4.69, 9.17) is 23.2 Å². The molecule has 1 saturated heterocycles. The zero-order chi connectivity index (χ0) is 22.0. The first-order valence-electron chi connectivity index (χ1n) is 10.6. The van der Waals surface area contributed by atoms with E-state index in [1.54, 1.807) is 6.07 Å². The van der Waals surface area contributed by atoms with Crippen LogP contribution in [0.1, 0.15) is 38.2 Å². The Balaban J connectivity index is 1.47. The van der Waals surface area contributed by atoms with Gasteiger partial charge in [-0.25, -0.2) is 9.97 Å². The number of aromatic nitrogens is 2. The molecule has 1 unspecified atom stereocenters. The first-order chi connectivity index (χ1) is 14.9. The Kier molecular flexibility index (Phi) is 6.63. The van der Waals surface area contributed by atoms with E-state index < -0.39 is 0 Å². The summed E-state index contributed by atoms with van der Waals surface area (Å²) in [7, 11) is 0. The van der Waals surface area contributed by atoms with Crippen LogP contribution < -0.4 is 5.32 Å². The van der Waals surface area contributed by atoms with E-state index in [0.29, 0.717) is 16.8 Å². The number of likely N-dealkylation sites (tertiary alicyclic amines) is 1. The van der Waals surface area contributed by atoms with Crippen molar-refractivity contribution in [2.24, 2.45) is 5.92 Å². The molecule has 1 N–H and O–H groups in total. The first-order valence-corrected chi connectivity index (χ1v) is 11.4. The number of benzene rings is 2. The second kappa shape index (κ2) is 9.41. The highest BCUT2D eigenvalue weighted by Gasteiger charge is 2.31. The van der Waals surface area contributed by atoms with E-state index in [1.807, 2.05) is 29.2 Å². The van der Waals surface area contributed by atoms with E-state index in [2.05, 4.69) is 41.3 Å². The van der Waals surface area contributed by atoms with Crippen LogP contribution in [0.4, 0.5) is 5.82 Å². The average molecular weight is 457 g/mol. The number of amides is 1. The molecule has 0 aliphatic carbocycles. The van der Waals surface area contributed by atoms with Gasteiger partial charge in [-0.1, -0.05) is 49.2 Å². The van der Waals surface area contributed by atoms with Crippen LogP contribution in [0, 0.1) is 5.92 Å². The van der Waals surface area contributed by atoms with Crippen molar-refractivity contribution in [2.75, 3.05) is 18.4 Å². The highest BCUT2D eigenvalue weighted by atomic mass is 35.5. The molecular formula is C24H26Cl2N4O. The molecule has 31 heavy (non-hydrogen) atoms. The summed E-state index contributed by atoms with van der Waals surface area (Å²) < 4.78 is 0.